The highest BCUT2D eigenvalue weighted by atomic mass is 32.2. The summed E-state index contributed by atoms with van der Waals surface area (Å²) in [5.41, 5.74) is 1.76. The first-order chi connectivity index (χ1) is 13.2. The van der Waals surface area contributed by atoms with E-state index in [1.807, 2.05) is 13.0 Å². The molecule has 0 unspecified atom stereocenters. The second kappa shape index (κ2) is 7.81. The molecule has 0 bridgehead atoms. The Kier molecular flexibility index (Phi) is 5.62. The number of phenolic OH excluding ortho intramolecular Hbond substituents is 2. The average molecular weight is 404 g/mol. The first kappa shape index (κ1) is 20.2. The maximum atomic E-state index is 13.0. The largest absolute Gasteiger partial charge is 0.508 e. The number of carbonyl (C=O) groups excluding carboxylic acids is 1. The van der Waals surface area contributed by atoms with Gasteiger partial charge in [-0.2, -0.15) is 4.31 Å². The van der Waals surface area contributed by atoms with Gasteiger partial charge in [-0.05, 0) is 56.0 Å². The molecule has 0 radical (unpaired) electrons. The summed E-state index contributed by atoms with van der Waals surface area (Å²) >= 11 is 0. The van der Waals surface area contributed by atoms with E-state index in [-0.39, 0.29) is 23.1 Å². The molecule has 0 spiro atoms. The minimum absolute atomic E-state index is 0.155. The van der Waals surface area contributed by atoms with E-state index in [1.54, 1.807) is 19.1 Å². The van der Waals surface area contributed by atoms with Crippen molar-refractivity contribution in [3.63, 3.8) is 0 Å². The van der Waals surface area contributed by atoms with E-state index in [0.29, 0.717) is 36.4 Å². The molecule has 0 aromatic heterocycles. The van der Waals surface area contributed by atoms with Gasteiger partial charge in [-0.3, -0.25) is 4.79 Å². The molecular weight excluding hydrogens is 380 g/mol. The number of hydrogen-bond acceptors (Lipinski definition) is 5. The lowest BCUT2D eigenvalue weighted by molar-refractivity contribution is 0.0923. The topological polar surface area (TPSA) is 107 Å². The molecule has 0 atom stereocenters. The molecule has 3 N–H and O–H groups in total. The molecule has 2 aromatic rings. The van der Waals surface area contributed by atoms with Crippen LogP contribution in [0.25, 0.3) is 0 Å². The van der Waals surface area contributed by atoms with Gasteiger partial charge < -0.3 is 15.5 Å². The number of amides is 1. The fraction of sp³-hybridized carbons (Fsp3) is 0.350. The van der Waals surface area contributed by atoms with E-state index in [9.17, 15) is 23.4 Å². The molecule has 2 aromatic carbocycles. The molecule has 0 aliphatic carbocycles. The number of aromatic hydroxyl groups is 2. The molecule has 1 saturated heterocycles. The molecule has 1 aliphatic rings. The zero-order valence-electron chi connectivity index (χ0n) is 15.8. The van der Waals surface area contributed by atoms with E-state index in [4.69, 9.17) is 0 Å². The normalized spacial score (nSPS) is 16.1. The summed E-state index contributed by atoms with van der Waals surface area (Å²) in [5, 5.41) is 21.9. The Bertz CT molecular complexity index is 975. The molecule has 0 saturated carbocycles. The Morgan fingerprint density at radius 2 is 1.64 bits per heavy atom. The van der Waals surface area contributed by atoms with Crippen LogP contribution in [0.4, 0.5) is 0 Å². The minimum atomic E-state index is -3.58. The molecule has 1 heterocycles. The molecule has 1 aliphatic heterocycles. The summed E-state index contributed by atoms with van der Waals surface area (Å²) in [5.74, 6) is -0.804. The van der Waals surface area contributed by atoms with Crippen LogP contribution in [0.2, 0.25) is 0 Å². The number of sulfonamides is 1. The van der Waals surface area contributed by atoms with Gasteiger partial charge in [-0.1, -0.05) is 12.1 Å². The summed E-state index contributed by atoms with van der Waals surface area (Å²) in [6, 6.07) is 8.89. The maximum Gasteiger partial charge on any atom is 0.251 e. The van der Waals surface area contributed by atoms with Crippen LogP contribution in [0, 0.1) is 13.8 Å². The van der Waals surface area contributed by atoms with Crippen molar-refractivity contribution in [2.75, 3.05) is 13.1 Å². The van der Waals surface area contributed by atoms with Gasteiger partial charge in [0, 0.05) is 30.8 Å². The van der Waals surface area contributed by atoms with Crippen molar-refractivity contribution in [1.82, 2.24) is 9.62 Å². The smallest absolute Gasteiger partial charge is 0.251 e. The van der Waals surface area contributed by atoms with Crippen LogP contribution in [0.5, 0.6) is 11.5 Å². The fourth-order valence-electron chi connectivity index (χ4n) is 3.36. The SMILES string of the molecule is Cc1ccc(C)c(S(=O)(=O)N2CCC(NC(=O)c3cc(O)cc(O)c3)CC2)c1. The van der Waals surface area contributed by atoms with E-state index < -0.39 is 15.9 Å². The van der Waals surface area contributed by atoms with Crippen LogP contribution in [-0.4, -0.2) is 48.0 Å². The van der Waals surface area contributed by atoms with E-state index in [2.05, 4.69) is 5.32 Å². The average Bonchev–Trinajstić information content (AvgIpc) is 2.63. The highest BCUT2D eigenvalue weighted by molar-refractivity contribution is 7.89. The van der Waals surface area contributed by atoms with Gasteiger partial charge in [0.25, 0.3) is 5.91 Å². The van der Waals surface area contributed by atoms with Gasteiger partial charge in [0.2, 0.25) is 10.0 Å². The van der Waals surface area contributed by atoms with Crippen LogP contribution >= 0.6 is 0 Å². The van der Waals surface area contributed by atoms with Crippen LogP contribution < -0.4 is 5.32 Å². The molecule has 3 rings (SSSR count). The summed E-state index contributed by atoms with van der Waals surface area (Å²) in [4.78, 5) is 12.7. The Hall–Kier alpha value is -2.58. The fourth-order valence-corrected chi connectivity index (χ4v) is 5.14. The Morgan fingerprint density at radius 3 is 2.25 bits per heavy atom. The van der Waals surface area contributed by atoms with Crippen molar-refractivity contribution >= 4 is 15.9 Å². The van der Waals surface area contributed by atoms with Crippen molar-refractivity contribution in [2.45, 2.75) is 37.6 Å². The second-order valence-electron chi connectivity index (χ2n) is 7.16. The number of nitrogens with zero attached hydrogens (tertiary/aromatic N) is 1. The van der Waals surface area contributed by atoms with Gasteiger partial charge in [-0.15, -0.1) is 0 Å². The summed E-state index contributed by atoms with van der Waals surface area (Å²) in [6.45, 7) is 4.27. The molecule has 1 amide bonds. The Labute approximate surface area is 164 Å². The predicted octanol–water partition coefficient (Wildman–Crippen LogP) is 2.30. The predicted molar refractivity (Wildman–Crippen MR) is 105 cm³/mol. The molecule has 7 nitrogen and oxygen atoms in total. The number of benzene rings is 2. The maximum absolute atomic E-state index is 13.0. The third kappa shape index (κ3) is 4.28. The number of hydrogen-bond donors (Lipinski definition) is 3. The third-order valence-corrected chi connectivity index (χ3v) is 6.96. The number of piperidine rings is 1. The van der Waals surface area contributed by atoms with Crippen molar-refractivity contribution < 1.29 is 23.4 Å². The van der Waals surface area contributed by atoms with Crippen molar-refractivity contribution in [2.24, 2.45) is 0 Å². The molecular formula is C20H24N2O5S. The van der Waals surface area contributed by atoms with Crippen molar-refractivity contribution in [3.05, 3.63) is 53.1 Å². The molecule has 1 fully saturated rings. The van der Waals surface area contributed by atoms with Gasteiger partial charge >= 0.3 is 0 Å². The standard InChI is InChI=1S/C20H24N2O5S/c1-13-3-4-14(2)19(9-13)28(26,27)22-7-5-16(6-8-22)21-20(25)15-10-17(23)12-18(24)11-15/h3-4,9-12,16,23-24H,5-8H2,1-2H3,(H,21,25). The lowest BCUT2D eigenvalue weighted by atomic mass is 10.1. The zero-order chi connectivity index (χ0) is 20.5. The molecule has 150 valence electrons. The Morgan fingerprint density at radius 1 is 1.04 bits per heavy atom. The zero-order valence-corrected chi connectivity index (χ0v) is 16.7. The third-order valence-electron chi connectivity index (χ3n) is 4.92. The highest BCUT2D eigenvalue weighted by Crippen LogP contribution is 2.25. The number of phenols is 2. The number of carbonyl (C=O) groups is 1. The first-order valence-corrected chi connectivity index (χ1v) is 10.5. The van der Waals surface area contributed by atoms with E-state index >= 15 is 0 Å². The van der Waals surface area contributed by atoms with Crippen LogP contribution in [-0.2, 0) is 10.0 Å². The van der Waals surface area contributed by atoms with Crippen molar-refractivity contribution in [1.29, 1.82) is 0 Å². The first-order valence-electron chi connectivity index (χ1n) is 9.08. The summed E-state index contributed by atoms with van der Waals surface area (Å²) in [6.07, 6.45) is 0.973. The highest BCUT2D eigenvalue weighted by Gasteiger charge is 2.31. The lowest BCUT2D eigenvalue weighted by Gasteiger charge is -2.32. The minimum Gasteiger partial charge on any atom is -0.508 e. The van der Waals surface area contributed by atoms with Crippen LogP contribution in [0.1, 0.15) is 34.3 Å². The van der Waals surface area contributed by atoms with Gasteiger partial charge in [0.1, 0.15) is 11.5 Å². The number of aryl methyl sites for hydroxylation is 2. The summed E-state index contributed by atoms with van der Waals surface area (Å²) < 4.78 is 27.4. The quantitative estimate of drug-likeness (QED) is 0.725. The van der Waals surface area contributed by atoms with Crippen molar-refractivity contribution in [3.8, 4) is 11.5 Å². The number of rotatable bonds is 4. The number of nitrogens with one attached hydrogen (secondary N) is 1. The Balaban J connectivity index is 1.65. The van der Waals surface area contributed by atoms with Gasteiger partial charge in [0.05, 0.1) is 4.90 Å². The van der Waals surface area contributed by atoms with Crippen LogP contribution in [0.3, 0.4) is 0 Å². The van der Waals surface area contributed by atoms with Gasteiger partial charge in [-0.25, -0.2) is 8.42 Å². The molecule has 28 heavy (non-hydrogen) atoms. The lowest BCUT2D eigenvalue weighted by Crippen LogP contribution is -2.46. The van der Waals surface area contributed by atoms with E-state index in [0.717, 1.165) is 11.6 Å². The summed E-state index contributed by atoms with van der Waals surface area (Å²) in [7, 11) is -3.58. The second-order valence-corrected chi connectivity index (χ2v) is 9.07. The monoisotopic (exact) mass is 404 g/mol. The molecule has 8 heteroatoms. The van der Waals surface area contributed by atoms with Gasteiger partial charge in [0.15, 0.2) is 0 Å². The van der Waals surface area contributed by atoms with E-state index in [1.165, 1.54) is 16.4 Å². The van der Waals surface area contributed by atoms with Crippen LogP contribution in [0.15, 0.2) is 41.3 Å².